The van der Waals surface area contributed by atoms with Gasteiger partial charge in [-0.1, -0.05) is 6.07 Å². The Hall–Kier alpha value is -2.71. The average molecular weight is 442 g/mol. The minimum Gasteiger partial charge on any atom is -0.366 e. The molecule has 1 fully saturated rings. The topological polar surface area (TPSA) is 110 Å². The number of primary amides is 1. The number of nitrogens with one attached hydrogen (secondary N) is 1. The summed E-state index contributed by atoms with van der Waals surface area (Å²) in [6.45, 7) is 0.635. The van der Waals surface area contributed by atoms with Crippen LogP contribution < -0.4 is 11.1 Å². The third kappa shape index (κ3) is 4.65. The fourth-order valence-electron chi connectivity index (χ4n) is 4.34. The molecule has 2 aromatic rings. The zero-order chi connectivity index (χ0) is 22.0. The monoisotopic (exact) mass is 441 g/mol. The van der Waals surface area contributed by atoms with Crippen molar-refractivity contribution in [3.63, 3.8) is 0 Å². The molecule has 4 rings (SSSR count). The van der Waals surface area contributed by atoms with Crippen molar-refractivity contribution >= 4 is 27.5 Å². The number of hydrogen-bond acceptors (Lipinski definition) is 4. The van der Waals surface area contributed by atoms with Crippen molar-refractivity contribution in [1.29, 1.82) is 0 Å². The summed E-state index contributed by atoms with van der Waals surface area (Å²) in [5.41, 5.74) is 8.58. The van der Waals surface area contributed by atoms with E-state index in [0.717, 1.165) is 31.2 Å². The van der Waals surface area contributed by atoms with Gasteiger partial charge in [0.2, 0.25) is 21.8 Å². The molecule has 0 bridgehead atoms. The van der Waals surface area contributed by atoms with Gasteiger partial charge in [0.1, 0.15) is 0 Å². The van der Waals surface area contributed by atoms with Crippen LogP contribution in [-0.2, 0) is 27.7 Å². The molecule has 31 heavy (non-hydrogen) atoms. The normalized spacial score (nSPS) is 17.7. The number of carbonyl (C=O) groups excluding carboxylic acids is 2. The van der Waals surface area contributed by atoms with E-state index >= 15 is 0 Å². The van der Waals surface area contributed by atoms with Gasteiger partial charge in [-0.15, -0.1) is 0 Å². The minimum absolute atomic E-state index is 0.141. The van der Waals surface area contributed by atoms with Gasteiger partial charge >= 0.3 is 0 Å². The molecule has 2 aromatic carbocycles. The lowest BCUT2D eigenvalue weighted by molar-refractivity contribution is -0.120. The van der Waals surface area contributed by atoms with Crippen molar-refractivity contribution in [2.45, 2.75) is 43.4 Å². The number of nitrogens with two attached hydrogens (primary N) is 1. The molecule has 1 saturated heterocycles. The molecule has 0 unspecified atom stereocenters. The lowest BCUT2D eigenvalue weighted by Gasteiger charge is -2.31. The molecule has 0 saturated carbocycles. The molecule has 7 nitrogen and oxygen atoms in total. The van der Waals surface area contributed by atoms with Gasteiger partial charge in [-0.2, -0.15) is 4.31 Å². The van der Waals surface area contributed by atoms with Crippen LogP contribution in [0.5, 0.6) is 0 Å². The second kappa shape index (κ2) is 8.80. The van der Waals surface area contributed by atoms with Crippen molar-refractivity contribution in [2.24, 2.45) is 11.7 Å². The van der Waals surface area contributed by atoms with Crippen LogP contribution in [0.1, 0.15) is 47.2 Å². The Kier molecular flexibility index (Phi) is 6.11. The number of aryl methyl sites for hydroxylation is 2. The smallest absolute Gasteiger partial charge is 0.248 e. The highest BCUT2D eigenvalue weighted by Crippen LogP contribution is 2.28. The van der Waals surface area contributed by atoms with E-state index in [9.17, 15) is 18.0 Å². The Morgan fingerprint density at radius 1 is 0.935 bits per heavy atom. The third-order valence-electron chi connectivity index (χ3n) is 6.22. The van der Waals surface area contributed by atoms with Crippen molar-refractivity contribution in [1.82, 2.24) is 4.31 Å². The first kappa shape index (κ1) is 21.5. The first-order valence-corrected chi connectivity index (χ1v) is 12.1. The molecule has 1 aliphatic carbocycles. The maximum Gasteiger partial charge on any atom is 0.248 e. The summed E-state index contributed by atoms with van der Waals surface area (Å²) in [4.78, 5) is 24.1. The van der Waals surface area contributed by atoms with Crippen molar-refractivity contribution in [3.05, 3.63) is 59.2 Å². The van der Waals surface area contributed by atoms with E-state index < -0.39 is 15.9 Å². The van der Waals surface area contributed by atoms with Crippen LogP contribution in [-0.4, -0.2) is 37.6 Å². The second-order valence-electron chi connectivity index (χ2n) is 8.25. The van der Waals surface area contributed by atoms with Gasteiger partial charge in [-0.05, 0) is 86.1 Å². The lowest BCUT2D eigenvalue weighted by Crippen LogP contribution is -2.41. The molecule has 1 aliphatic heterocycles. The van der Waals surface area contributed by atoms with Gasteiger partial charge in [0.05, 0.1) is 4.90 Å². The van der Waals surface area contributed by atoms with Crippen molar-refractivity contribution in [2.75, 3.05) is 18.4 Å². The van der Waals surface area contributed by atoms with Gasteiger partial charge in [-0.3, -0.25) is 9.59 Å². The van der Waals surface area contributed by atoms with Gasteiger partial charge in [-0.25, -0.2) is 8.42 Å². The Morgan fingerprint density at radius 3 is 2.23 bits per heavy atom. The van der Waals surface area contributed by atoms with Crippen molar-refractivity contribution in [3.8, 4) is 0 Å². The fourth-order valence-corrected chi connectivity index (χ4v) is 5.86. The van der Waals surface area contributed by atoms with E-state index in [-0.39, 0.29) is 11.8 Å². The van der Waals surface area contributed by atoms with Crippen LogP contribution in [0.4, 0.5) is 5.69 Å². The van der Waals surface area contributed by atoms with Crippen LogP contribution in [0.3, 0.4) is 0 Å². The quantitative estimate of drug-likeness (QED) is 0.743. The summed E-state index contributed by atoms with van der Waals surface area (Å²) in [5.74, 6) is -0.922. The third-order valence-corrected chi connectivity index (χ3v) is 8.11. The summed E-state index contributed by atoms with van der Waals surface area (Å²) in [7, 11) is -3.56. The Balaban J connectivity index is 1.37. The number of fused-ring (bicyclic) bond motifs is 1. The highest BCUT2D eigenvalue weighted by molar-refractivity contribution is 7.89. The van der Waals surface area contributed by atoms with Crippen LogP contribution in [0.2, 0.25) is 0 Å². The first-order valence-electron chi connectivity index (χ1n) is 10.7. The maximum absolute atomic E-state index is 13.1. The van der Waals surface area contributed by atoms with Gasteiger partial charge in [0.25, 0.3) is 0 Å². The molecule has 0 spiro atoms. The standard InChI is InChI=1S/C23H27N3O4S/c24-22(27)17-5-8-20(9-6-17)25-23(28)18-11-13-26(14-12-18)31(29,30)21-10-7-16-3-1-2-4-19(16)15-21/h5-10,15,18H,1-4,11-14H2,(H2,24,27)(H,25,28). The number of sulfonamides is 1. The summed E-state index contributed by atoms with van der Waals surface area (Å²) < 4.78 is 27.7. The number of rotatable bonds is 5. The molecule has 0 radical (unpaired) electrons. The molecule has 0 aromatic heterocycles. The fraction of sp³-hybridized carbons (Fsp3) is 0.391. The molecular formula is C23H27N3O4S. The summed E-state index contributed by atoms with van der Waals surface area (Å²) >= 11 is 0. The van der Waals surface area contributed by atoms with E-state index in [4.69, 9.17) is 5.73 Å². The summed E-state index contributed by atoms with van der Waals surface area (Å²) in [5, 5.41) is 2.84. The second-order valence-corrected chi connectivity index (χ2v) is 10.2. The number of benzene rings is 2. The molecular weight excluding hydrogens is 414 g/mol. The van der Waals surface area contributed by atoms with E-state index in [0.29, 0.717) is 42.1 Å². The summed E-state index contributed by atoms with van der Waals surface area (Å²) in [6, 6.07) is 11.9. The maximum atomic E-state index is 13.1. The minimum atomic E-state index is -3.56. The van der Waals surface area contributed by atoms with Crippen LogP contribution in [0.15, 0.2) is 47.4 Å². The van der Waals surface area contributed by atoms with E-state index in [1.165, 1.54) is 9.87 Å². The lowest BCUT2D eigenvalue weighted by atomic mass is 9.92. The molecule has 0 atom stereocenters. The number of hydrogen-bond donors (Lipinski definition) is 2. The molecule has 8 heteroatoms. The summed E-state index contributed by atoms with van der Waals surface area (Å²) in [6.07, 6.45) is 5.14. The zero-order valence-corrected chi connectivity index (χ0v) is 18.2. The predicted octanol–water partition coefficient (Wildman–Crippen LogP) is 2.70. The van der Waals surface area contributed by atoms with E-state index in [1.807, 2.05) is 12.1 Å². The first-order chi connectivity index (χ1) is 14.8. The number of carbonyl (C=O) groups is 2. The molecule has 1 heterocycles. The Morgan fingerprint density at radius 2 is 1.58 bits per heavy atom. The zero-order valence-electron chi connectivity index (χ0n) is 17.3. The highest BCUT2D eigenvalue weighted by Gasteiger charge is 2.32. The Bertz CT molecular complexity index is 1090. The largest absolute Gasteiger partial charge is 0.366 e. The van der Waals surface area contributed by atoms with Crippen molar-refractivity contribution < 1.29 is 18.0 Å². The Labute approximate surface area is 182 Å². The number of anilines is 1. The number of nitrogens with zero attached hydrogens (tertiary/aromatic N) is 1. The van der Waals surface area contributed by atoms with Gasteiger partial charge in [0, 0.05) is 30.3 Å². The molecule has 2 amide bonds. The average Bonchev–Trinajstić information content (AvgIpc) is 2.79. The highest BCUT2D eigenvalue weighted by atomic mass is 32.2. The van der Waals surface area contributed by atoms with Crippen LogP contribution in [0, 0.1) is 5.92 Å². The number of piperidine rings is 1. The van der Waals surface area contributed by atoms with E-state index in [1.54, 1.807) is 30.3 Å². The molecule has 164 valence electrons. The predicted molar refractivity (Wildman–Crippen MR) is 118 cm³/mol. The van der Waals surface area contributed by atoms with Crippen LogP contribution >= 0.6 is 0 Å². The SMILES string of the molecule is NC(=O)c1ccc(NC(=O)C2CCN(S(=O)(=O)c3ccc4c(c3)CCCC4)CC2)cc1. The molecule has 3 N–H and O–H groups in total. The van der Waals surface area contributed by atoms with E-state index in [2.05, 4.69) is 5.32 Å². The van der Waals surface area contributed by atoms with Crippen LogP contribution in [0.25, 0.3) is 0 Å². The van der Waals surface area contributed by atoms with Gasteiger partial charge < -0.3 is 11.1 Å². The van der Waals surface area contributed by atoms with Gasteiger partial charge in [0.15, 0.2) is 0 Å². The number of amides is 2. The molecule has 2 aliphatic rings.